The maximum atomic E-state index is 2.49. The minimum Gasteiger partial charge on any atom is -0.309 e. The lowest BCUT2D eigenvalue weighted by Gasteiger charge is -2.11. The summed E-state index contributed by atoms with van der Waals surface area (Å²) in [6.45, 7) is 0. The average molecular weight is 515 g/mol. The van der Waals surface area contributed by atoms with Crippen LogP contribution in [0.25, 0.3) is 75.2 Å². The standard InChI is InChI=1S/C36H22N2S/c1-3-13-23(14-4-1)37-28-20-10-7-17-25(28)31-32-27-19-9-12-22-30(27)39-36(32)35-33(34(31)37)26-18-8-11-21-29(26)38(35)24-15-5-2-6-16-24/h1-22H. The van der Waals surface area contributed by atoms with Crippen LogP contribution in [0.2, 0.25) is 0 Å². The van der Waals surface area contributed by atoms with Gasteiger partial charge in [-0.25, -0.2) is 0 Å². The molecule has 3 aromatic heterocycles. The van der Waals surface area contributed by atoms with E-state index in [9.17, 15) is 0 Å². The van der Waals surface area contributed by atoms with Crippen LogP contribution in [0.5, 0.6) is 0 Å². The summed E-state index contributed by atoms with van der Waals surface area (Å²) in [4.78, 5) is 0. The first-order valence-corrected chi connectivity index (χ1v) is 14.1. The Balaban J connectivity index is 1.70. The minimum absolute atomic E-state index is 1.18. The van der Waals surface area contributed by atoms with Crippen molar-refractivity contribution in [2.24, 2.45) is 0 Å². The SMILES string of the molecule is c1ccc(-n2c3ccccc3c3c2c2sc4ccccc4c2c2c4ccccc4n(-c4ccccc4)c23)cc1. The number of fused-ring (bicyclic) bond motifs is 12. The molecule has 6 aromatic carbocycles. The van der Waals surface area contributed by atoms with E-state index in [1.807, 2.05) is 11.3 Å². The number of nitrogens with zero attached hydrogens (tertiary/aromatic N) is 2. The molecule has 0 aliphatic carbocycles. The average Bonchev–Trinajstić information content (AvgIpc) is 3.66. The Morgan fingerprint density at radius 2 is 0.872 bits per heavy atom. The Bertz CT molecular complexity index is 2370. The first kappa shape index (κ1) is 21.1. The number of hydrogen-bond acceptors (Lipinski definition) is 1. The molecule has 0 saturated heterocycles. The smallest absolute Gasteiger partial charge is 0.0741 e. The Hall–Kier alpha value is -4.86. The van der Waals surface area contributed by atoms with Gasteiger partial charge in [-0.3, -0.25) is 0 Å². The quantitative estimate of drug-likeness (QED) is 0.217. The van der Waals surface area contributed by atoms with Gasteiger partial charge in [0.05, 0.1) is 26.8 Å². The van der Waals surface area contributed by atoms with Crippen LogP contribution < -0.4 is 0 Å². The number of aromatic nitrogens is 2. The third kappa shape index (κ3) is 2.75. The van der Waals surface area contributed by atoms with Gasteiger partial charge in [-0.05, 0) is 42.5 Å². The van der Waals surface area contributed by atoms with Gasteiger partial charge in [0.25, 0.3) is 0 Å². The monoisotopic (exact) mass is 514 g/mol. The van der Waals surface area contributed by atoms with E-state index in [1.165, 1.54) is 75.2 Å². The summed E-state index contributed by atoms with van der Waals surface area (Å²) in [5, 5.41) is 7.90. The first-order chi connectivity index (χ1) is 19.4. The highest BCUT2D eigenvalue weighted by atomic mass is 32.1. The van der Waals surface area contributed by atoms with Crippen LogP contribution in [0.3, 0.4) is 0 Å². The zero-order chi connectivity index (χ0) is 25.5. The fourth-order valence-corrected chi connectivity index (χ4v) is 7.83. The normalized spacial score (nSPS) is 12.1. The number of rotatable bonds is 2. The van der Waals surface area contributed by atoms with Crippen LogP contribution in [-0.2, 0) is 0 Å². The van der Waals surface area contributed by atoms with Crippen LogP contribution in [-0.4, -0.2) is 9.13 Å². The highest BCUT2D eigenvalue weighted by Crippen LogP contribution is 2.50. The lowest BCUT2D eigenvalue weighted by Crippen LogP contribution is -1.95. The van der Waals surface area contributed by atoms with E-state index in [4.69, 9.17) is 0 Å². The maximum Gasteiger partial charge on any atom is 0.0741 e. The summed E-state index contributed by atoms with van der Waals surface area (Å²) in [6.07, 6.45) is 0. The molecule has 0 amide bonds. The molecule has 0 fully saturated rings. The van der Waals surface area contributed by atoms with Crippen molar-refractivity contribution in [3.8, 4) is 11.4 Å². The van der Waals surface area contributed by atoms with Gasteiger partial charge in [0.15, 0.2) is 0 Å². The van der Waals surface area contributed by atoms with E-state index in [0.717, 1.165) is 0 Å². The highest BCUT2D eigenvalue weighted by molar-refractivity contribution is 7.27. The second-order valence-corrected chi connectivity index (χ2v) is 11.2. The molecule has 0 atom stereocenters. The molecule has 0 bridgehead atoms. The molecule has 0 N–H and O–H groups in total. The van der Waals surface area contributed by atoms with Crippen molar-refractivity contribution in [3.05, 3.63) is 133 Å². The van der Waals surface area contributed by atoms with Crippen molar-refractivity contribution < 1.29 is 0 Å². The molecule has 0 aliphatic rings. The molecular weight excluding hydrogens is 492 g/mol. The topological polar surface area (TPSA) is 9.86 Å². The van der Waals surface area contributed by atoms with Crippen molar-refractivity contribution in [1.82, 2.24) is 9.13 Å². The summed E-state index contributed by atoms with van der Waals surface area (Å²) in [5.74, 6) is 0. The minimum atomic E-state index is 1.18. The van der Waals surface area contributed by atoms with Crippen LogP contribution in [0.15, 0.2) is 133 Å². The Morgan fingerprint density at radius 3 is 1.51 bits per heavy atom. The van der Waals surface area contributed by atoms with Gasteiger partial charge in [0.1, 0.15) is 0 Å². The molecule has 3 heterocycles. The number of benzene rings is 6. The van der Waals surface area contributed by atoms with Crippen molar-refractivity contribution in [3.63, 3.8) is 0 Å². The Kier molecular flexibility index (Phi) is 4.24. The summed E-state index contributed by atoms with van der Waals surface area (Å²) >= 11 is 1.91. The highest BCUT2D eigenvalue weighted by Gasteiger charge is 2.26. The second kappa shape index (κ2) is 7.83. The molecule has 0 aliphatic heterocycles. The molecule has 9 rings (SSSR count). The van der Waals surface area contributed by atoms with Gasteiger partial charge in [-0.15, -0.1) is 11.3 Å². The van der Waals surface area contributed by atoms with Crippen molar-refractivity contribution >= 4 is 75.1 Å². The lowest BCUT2D eigenvalue weighted by molar-refractivity contribution is 1.18. The molecule has 0 spiro atoms. The van der Waals surface area contributed by atoms with E-state index >= 15 is 0 Å². The largest absolute Gasteiger partial charge is 0.309 e. The fraction of sp³-hybridized carbons (Fsp3) is 0. The Labute approximate surface area is 228 Å². The molecule has 2 nitrogen and oxygen atoms in total. The zero-order valence-corrected chi connectivity index (χ0v) is 21.8. The van der Waals surface area contributed by atoms with Gasteiger partial charge in [-0.2, -0.15) is 0 Å². The maximum absolute atomic E-state index is 2.49. The molecule has 9 aromatic rings. The summed E-state index contributed by atoms with van der Waals surface area (Å²) in [5.41, 5.74) is 7.39. The molecule has 3 heteroatoms. The number of hydrogen-bond donors (Lipinski definition) is 0. The number of thiophene rings is 1. The molecule has 39 heavy (non-hydrogen) atoms. The third-order valence-corrected chi connectivity index (χ3v) is 9.25. The number of para-hydroxylation sites is 4. The molecule has 0 radical (unpaired) electrons. The van der Waals surface area contributed by atoms with Crippen LogP contribution in [0, 0.1) is 0 Å². The Morgan fingerprint density at radius 1 is 0.385 bits per heavy atom. The first-order valence-electron chi connectivity index (χ1n) is 13.3. The summed E-state index contributed by atoms with van der Waals surface area (Å²) in [6, 6.07) is 48.3. The fourth-order valence-electron chi connectivity index (χ4n) is 6.58. The van der Waals surface area contributed by atoms with E-state index in [1.54, 1.807) is 0 Å². The van der Waals surface area contributed by atoms with E-state index in [2.05, 4.69) is 143 Å². The summed E-state index contributed by atoms with van der Waals surface area (Å²) in [7, 11) is 0. The van der Waals surface area contributed by atoms with Gasteiger partial charge in [0, 0.05) is 48.4 Å². The van der Waals surface area contributed by atoms with Gasteiger partial charge >= 0.3 is 0 Å². The van der Waals surface area contributed by atoms with Crippen molar-refractivity contribution in [2.45, 2.75) is 0 Å². The summed E-state index contributed by atoms with van der Waals surface area (Å²) < 4.78 is 7.63. The molecule has 0 saturated carbocycles. The molecule has 0 unspecified atom stereocenters. The lowest BCUT2D eigenvalue weighted by atomic mass is 10.0. The van der Waals surface area contributed by atoms with E-state index < -0.39 is 0 Å². The van der Waals surface area contributed by atoms with Crippen LogP contribution in [0.4, 0.5) is 0 Å². The van der Waals surface area contributed by atoms with E-state index in [-0.39, 0.29) is 0 Å². The predicted molar refractivity (Wildman–Crippen MR) is 168 cm³/mol. The molecule has 182 valence electrons. The van der Waals surface area contributed by atoms with Gasteiger partial charge in [-0.1, -0.05) is 91.0 Å². The third-order valence-electron chi connectivity index (χ3n) is 8.08. The zero-order valence-electron chi connectivity index (χ0n) is 21.0. The van der Waals surface area contributed by atoms with Crippen LogP contribution in [0.1, 0.15) is 0 Å². The predicted octanol–water partition coefficient (Wildman–Crippen LogP) is 10.2. The van der Waals surface area contributed by atoms with Crippen molar-refractivity contribution in [1.29, 1.82) is 0 Å². The van der Waals surface area contributed by atoms with Crippen LogP contribution >= 0.6 is 11.3 Å². The van der Waals surface area contributed by atoms with E-state index in [0.29, 0.717) is 0 Å². The molecular formula is C36H22N2S. The van der Waals surface area contributed by atoms with Gasteiger partial charge in [0.2, 0.25) is 0 Å². The second-order valence-electron chi connectivity index (χ2n) is 10.1. The van der Waals surface area contributed by atoms with Crippen molar-refractivity contribution in [2.75, 3.05) is 0 Å². The van der Waals surface area contributed by atoms with Gasteiger partial charge < -0.3 is 9.13 Å².